The Hall–Kier alpha value is -1.79. The quantitative estimate of drug-likeness (QED) is 0.645. The number of hydrogen-bond donors (Lipinski definition) is 1. The van der Waals surface area contributed by atoms with Crippen LogP contribution in [0.5, 0.6) is 0 Å². The Morgan fingerprint density at radius 3 is 2.55 bits per heavy atom. The molecule has 0 atom stereocenters. The number of hydrogen-bond acceptors (Lipinski definition) is 2. The monoisotopic (exact) mass is 422 g/mol. The van der Waals surface area contributed by atoms with Crippen molar-refractivity contribution in [1.29, 1.82) is 0 Å². The zero-order valence-electron chi connectivity index (χ0n) is 11.1. The summed E-state index contributed by atoms with van der Waals surface area (Å²) in [6, 6.07) is 9.62. The Morgan fingerprint density at radius 2 is 1.82 bits per heavy atom. The van der Waals surface area contributed by atoms with E-state index in [0.717, 1.165) is 14.5 Å². The normalized spacial score (nSPS) is 11.4. The first-order valence-corrected chi connectivity index (χ1v) is 7.94. The Kier molecular flexibility index (Phi) is 4.22. The number of rotatable bonds is 2. The van der Waals surface area contributed by atoms with Crippen molar-refractivity contribution in [3.8, 4) is 0 Å². The smallest absolute Gasteiger partial charge is 0.259 e. The van der Waals surface area contributed by atoms with Crippen LogP contribution in [0.1, 0.15) is 11.4 Å². The van der Waals surface area contributed by atoms with Crippen LogP contribution in [0.3, 0.4) is 0 Å². The molecule has 2 aromatic carbocycles. The zero-order chi connectivity index (χ0) is 15.7. The first-order valence-electron chi connectivity index (χ1n) is 6.36. The van der Waals surface area contributed by atoms with Crippen molar-refractivity contribution >= 4 is 54.9 Å². The summed E-state index contributed by atoms with van der Waals surface area (Å²) in [6.07, 6.45) is 3.44. The lowest BCUT2D eigenvalue weighted by Gasteiger charge is -2.02. The lowest BCUT2D eigenvalue weighted by Crippen LogP contribution is -2.10. The number of halogens is 3. The highest BCUT2D eigenvalue weighted by atomic mass is 79.9. The van der Waals surface area contributed by atoms with E-state index in [1.54, 1.807) is 30.4 Å². The van der Waals surface area contributed by atoms with Gasteiger partial charge in [0.15, 0.2) is 0 Å². The van der Waals surface area contributed by atoms with Crippen LogP contribution in [-0.2, 0) is 0 Å². The van der Waals surface area contributed by atoms with Crippen molar-refractivity contribution in [2.45, 2.75) is 0 Å². The second kappa shape index (κ2) is 6.14. The van der Waals surface area contributed by atoms with Gasteiger partial charge >= 0.3 is 0 Å². The molecular weight excluding hydrogens is 415 g/mol. The number of nitrogens with one attached hydrogen (secondary N) is 1. The number of aromatic amines is 1. The minimum absolute atomic E-state index is 0.217. The topological polar surface area (TPSA) is 45.8 Å². The molecule has 0 aliphatic heterocycles. The van der Waals surface area contributed by atoms with Crippen molar-refractivity contribution in [1.82, 2.24) is 9.97 Å². The standard InChI is InChI=1S/C16H9Br2FN2O/c17-10-7-12-15(13(18)8-10)20-14(21-16(12)22)6-3-9-1-4-11(19)5-2-9/h1-8H,(H,20,21,22). The lowest BCUT2D eigenvalue weighted by molar-refractivity contribution is 0.628. The van der Waals surface area contributed by atoms with Crippen molar-refractivity contribution in [3.05, 3.63) is 72.9 Å². The van der Waals surface area contributed by atoms with Gasteiger partial charge in [-0.15, -0.1) is 0 Å². The van der Waals surface area contributed by atoms with Crippen molar-refractivity contribution < 1.29 is 4.39 Å². The van der Waals surface area contributed by atoms with E-state index in [4.69, 9.17) is 0 Å². The summed E-state index contributed by atoms with van der Waals surface area (Å²) >= 11 is 6.76. The summed E-state index contributed by atoms with van der Waals surface area (Å²) in [6.45, 7) is 0. The molecule has 0 spiro atoms. The molecule has 22 heavy (non-hydrogen) atoms. The van der Waals surface area contributed by atoms with E-state index in [9.17, 15) is 9.18 Å². The van der Waals surface area contributed by atoms with Crippen LogP contribution >= 0.6 is 31.9 Å². The highest BCUT2D eigenvalue weighted by Crippen LogP contribution is 2.25. The minimum Gasteiger partial charge on any atom is -0.306 e. The Balaban J connectivity index is 2.05. The molecule has 3 nitrogen and oxygen atoms in total. The second-order valence-electron chi connectivity index (χ2n) is 4.62. The summed E-state index contributed by atoms with van der Waals surface area (Å²) in [4.78, 5) is 19.3. The van der Waals surface area contributed by atoms with Gasteiger partial charge in [0, 0.05) is 8.95 Å². The van der Waals surface area contributed by atoms with E-state index in [2.05, 4.69) is 41.8 Å². The van der Waals surface area contributed by atoms with Crippen LogP contribution in [0.25, 0.3) is 23.1 Å². The molecule has 0 unspecified atom stereocenters. The van der Waals surface area contributed by atoms with E-state index in [0.29, 0.717) is 16.7 Å². The van der Waals surface area contributed by atoms with E-state index in [1.165, 1.54) is 12.1 Å². The molecule has 0 radical (unpaired) electrons. The summed E-state index contributed by atoms with van der Waals surface area (Å²) in [5.41, 5.74) is 1.19. The summed E-state index contributed by atoms with van der Waals surface area (Å²) in [7, 11) is 0. The van der Waals surface area contributed by atoms with Crippen LogP contribution in [0, 0.1) is 5.82 Å². The van der Waals surface area contributed by atoms with Gasteiger partial charge in [0.05, 0.1) is 10.9 Å². The SMILES string of the molecule is O=c1[nH]c(C=Cc2ccc(F)cc2)nc2c(Br)cc(Br)cc12. The number of H-pyrrole nitrogens is 1. The van der Waals surface area contributed by atoms with Crippen LogP contribution in [0.4, 0.5) is 4.39 Å². The third kappa shape index (κ3) is 3.18. The van der Waals surface area contributed by atoms with E-state index >= 15 is 0 Å². The molecule has 0 saturated heterocycles. The zero-order valence-corrected chi connectivity index (χ0v) is 14.3. The Morgan fingerprint density at radius 1 is 1.09 bits per heavy atom. The van der Waals surface area contributed by atoms with Crippen LogP contribution in [-0.4, -0.2) is 9.97 Å². The molecule has 0 bridgehead atoms. The average Bonchev–Trinajstić information content (AvgIpc) is 2.48. The molecule has 1 heterocycles. The van der Waals surface area contributed by atoms with E-state index in [-0.39, 0.29) is 11.4 Å². The fourth-order valence-corrected chi connectivity index (χ4v) is 3.33. The molecule has 0 aliphatic rings. The molecule has 6 heteroatoms. The molecule has 0 aliphatic carbocycles. The first kappa shape index (κ1) is 15.1. The van der Waals surface area contributed by atoms with Gasteiger partial charge in [-0.2, -0.15) is 0 Å². The molecule has 3 aromatic rings. The van der Waals surface area contributed by atoms with Gasteiger partial charge in [-0.25, -0.2) is 9.37 Å². The third-order valence-corrected chi connectivity index (χ3v) is 4.11. The maximum absolute atomic E-state index is 12.9. The largest absolute Gasteiger partial charge is 0.306 e. The van der Waals surface area contributed by atoms with Gasteiger partial charge in [0.25, 0.3) is 5.56 Å². The Labute approximate surface area is 142 Å². The van der Waals surface area contributed by atoms with Crippen LogP contribution in [0.15, 0.2) is 50.1 Å². The molecule has 0 fully saturated rings. The highest BCUT2D eigenvalue weighted by Gasteiger charge is 2.07. The predicted octanol–water partition coefficient (Wildman–Crippen LogP) is 4.76. The number of nitrogens with zero attached hydrogens (tertiary/aromatic N) is 1. The van der Waals surface area contributed by atoms with Crippen LogP contribution < -0.4 is 5.56 Å². The number of fused-ring (bicyclic) bond motifs is 1. The summed E-state index contributed by atoms with van der Waals surface area (Å²) < 4.78 is 14.4. The molecule has 3 rings (SSSR count). The van der Waals surface area contributed by atoms with Gasteiger partial charge in [-0.05, 0) is 51.8 Å². The molecule has 1 N–H and O–H groups in total. The van der Waals surface area contributed by atoms with Gasteiger partial charge in [0.2, 0.25) is 0 Å². The first-order chi connectivity index (χ1) is 10.5. The fraction of sp³-hybridized carbons (Fsp3) is 0. The van der Waals surface area contributed by atoms with E-state index in [1.807, 2.05) is 6.07 Å². The molecule has 0 amide bonds. The Bertz CT molecular complexity index is 933. The maximum Gasteiger partial charge on any atom is 0.259 e. The third-order valence-electron chi connectivity index (χ3n) is 3.05. The highest BCUT2D eigenvalue weighted by molar-refractivity contribution is 9.11. The van der Waals surface area contributed by atoms with Gasteiger partial charge < -0.3 is 4.98 Å². The minimum atomic E-state index is -0.288. The van der Waals surface area contributed by atoms with Crippen molar-refractivity contribution in [2.24, 2.45) is 0 Å². The van der Waals surface area contributed by atoms with Gasteiger partial charge in [-0.1, -0.05) is 34.1 Å². The molecule has 1 aromatic heterocycles. The van der Waals surface area contributed by atoms with Gasteiger partial charge in [0.1, 0.15) is 11.6 Å². The van der Waals surface area contributed by atoms with Crippen molar-refractivity contribution in [3.63, 3.8) is 0 Å². The molecule has 110 valence electrons. The van der Waals surface area contributed by atoms with Crippen LogP contribution in [0.2, 0.25) is 0 Å². The maximum atomic E-state index is 12.9. The second-order valence-corrected chi connectivity index (χ2v) is 6.39. The fourth-order valence-electron chi connectivity index (χ4n) is 2.01. The van der Waals surface area contributed by atoms with Crippen molar-refractivity contribution in [2.75, 3.05) is 0 Å². The average molecular weight is 424 g/mol. The number of aromatic nitrogens is 2. The number of benzene rings is 2. The molecular formula is C16H9Br2FN2O. The summed E-state index contributed by atoms with van der Waals surface area (Å²) in [5.74, 6) is 0.147. The lowest BCUT2D eigenvalue weighted by atomic mass is 10.2. The molecule has 0 saturated carbocycles. The van der Waals surface area contributed by atoms with E-state index < -0.39 is 0 Å². The van der Waals surface area contributed by atoms with Gasteiger partial charge in [-0.3, -0.25) is 4.79 Å². The summed E-state index contributed by atoms with van der Waals surface area (Å²) in [5, 5.41) is 0.500. The predicted molar refractivity (Wildman–Crippen MR) is 93.1 cm³/mol.